The van der Waals surface area contributed by atoms with Gasteiger partial charge in [-0.1, -0.05) is 33.6 Å². The molecule has 0 radical (unpaired) electrons. The SMILES string of the molecule is Fc1ccc(COc2ccc(Br)cc2CNn2c(-c3ccncc3)n[nH]c2=S)c(Cl)c1. The maximum absolute atomic E-state index is 13.3. The number of aromatic nitrogens is 4. The normalized spacial score (nSPS) is 10.8. The highest BCUT2D eigenvalue weighted by atomic mass is 79.9. The largest absolute Gasteiger partial charge is 0.488 e. The Hall–Kier alpha value is -2.75. The van der Waals surface area contributed by atoms with Crippen LogP contribution in [0.5, 0.6) is 5.75 Å². The molecule has 158 valence electrons. The molecule has 2 aromatic heterocycles. The molecule has 0 saturated carbocycles. The third-order valence-corrected chi connectivity index (χ3v) is 5.58. The van der Waals surface area contributed by atoms with Crippen LogP contribution in [0.15, 0.2) is 65.4 Å². The van der Waals surface area contributed by atoms with E-state index in [0.29, 0.717) is 33.5 Å². The standard InChI is InChI=1S/C21H16BrClFN5OS/c22-16-2-4-19(30-12-14-1-3-17(24)10-18(14)23)15(9-16)11-26-29-20(27-28-21(29)31)13-5-7-25-8-6-13/h1-10,26H,11-12H2,(H,28,31). The topological polar surface area (TPSA) is 67.8 Å². The van der Waals surface area contributed by atoms with E-state index in [9.17, 15) is 4.39 Å². The predicted octanol–water partition coefficient (Wildman–Crippen LogP) is 5.88. The molecule has 31 heavy (non-hydrogen) atoms. The lowest BCUT2D eigenvalue weighted by atomic mass is 10.2. The molecular weight excluding hydrogens is 505 g/mol. The van der Waals surface area contributed by atoms with Crippen molar-refractivity contribution in [3.8, 4) is 17.1 Å². The quantitative estimate of drug-likeness (QED) is 0.298. The molecule has 4 aromatic rings. The first kappa shape index (κ1) is 21.5. The summed E-state index contributed by atoms with van der Waals surface area (Å²) in [7, 11) is 0. The molecule has 0 atom stereocenters. The zero-order valence-corrected chi connectivity index (χ0v) is 19.1. The van der Waals surface area contributed by atoms with Gasteiger partial charge in [0, 0.05) is 33.6 Å². The number of aromatic amines is 1. The lowest BCUT2D eigenvalue weighted by Gasteiger charge is -2.15. The van der Waals surface area contributed by atoms with Crippen LogP contribution in [-0.2, 0) is 13.2 Å². The summed E-state index contributed by atoms with van der Waals surface area (Å²) in [5, 5.41) is 7.43. The summed E-state index contributed by atoms with van der Waals surface area (Å²) in [6.07, 6.45) is 3.39. The second-order valence-corrected chi connectivity index (χ2v) is 8.24. The number of hydrogen-bond donors (Lipinski definition) is 2. The Kier molecular flexibility index (Phi) is 6.64. The van der Waals surface area contributed by atoms with Crippen LogP contribution in [0, 0.1) is 10.6 Å². The number of halogens is 3. The molecular formula is C21H16BrClFN5OS. The Labute approximate surface area is 196 Å². The molecule has 2 aromatic carbocycles. The Bertz CT molecular complexity index is 1260. The van der Waals surface area contributed by atoms with Crippen molar-refractivity contribution in [1.29, 1.82) is 0 Å². The average molecular weight is 521 g/mol. The third-order valence-electron chi connectivity index (χ3n) is 4.46. The average Bonchev–Trinajstić information content (AvgIpc) is 3.13. The van der Waals surface area contributed by atoms with Gasteiger partial charge in [0.15, 0.2) is 5.82 Å². The first-order valence-electron chi connectivity index (χ1n) is 9.18. The van der Waals surface area contributed by atoms with Crippen molar-refractivity contribution in [3.05, 3.63) is 92.1 Å². The first-order valence-corrected chi connectivity index (χ1v) is 10.8. The fraction of sp³-hybridized carbons (Fsp3) is 0.0952. The number of H-pyrrole nitrogens is 1. The van der Waals surface area contributed by atoms with E-state index in [1.165, 1.54) is 12.1 Å². The molecule has 2 N–H and O–H groups in total. The number of nitrogens with zero attached hydrogens (tertiary/aromatic N) is 3. The molecule has 0 saturated heterocycles. The molecule has 0 bridgehead atoms. The van der Waals surface area contributed by atoms with Crippen molar-refractivity contribution in [3.63, 3.8) is 0 Å². The van der Waals surface area contributed by atoms with E-state index in [1.54, 1.807) is 23.1 Å². The van der Waals surface area contributed by atoms with Gasteiger partial charge in [-0.2, -0.15) is 5.10 Å². The zero-order chi connectivity index (χ0) is 21.8. The van der Waals surface area contributed by atoms with Crippen molar-refractivity contribution in [1.82, 2.24) is 19.9 Å². The Morgan fingerprint density at radius 3 is 2.71 bits per heavy atom. The van der Waals surface area contributed by atoms with Crippen molar-refractivity contribution in [2.75, 3.05) is 5.43 Å². The summed E-state index contributed by atoms with van der Waals surface area (Å²) in [5.74, 6) is 0.920. The summed E-state index contributed by atoms with van der Waals surface area (Å²) in [5.41, 5.74) is 5.73. The molecule has 0 unspecified atom stereocenters. The van der Waals surface area contributed by atoms with Crippen LogP contribution in [-0.4, -0.2) is 19.9 Å². The smallest absolute Gasteiger partial charge is 0.214 e. The second-order valence-electron chi connectivity index (χ2n) is 6.54. The highest BCUT2D eigenvalue weighted by molar-refractivity contribution is 9.10. The molecule has 4 rings (SSSR count). The molecule has 0 aliphatic rings. The second kappa shape index (κ2) is 9.59. The monoisotopic (exact) mass is 519 g/mol. The minimum atomic E-state index is -0.385. The van der Waals surface area contributed by atoms with E-state index >= 15 is 0 Å². The van der Waals surface area contributed by atoms with Gasteiger partial charge >= 0.3 is 0 Å². The van der Waals surface area contributed by atoms with E-state index < -0.39 is 0 Å². The molecule has 2 heterocycles. The molecule has 0 aliphatic carbocycles. The van der Waals surface area contributed by atoms with Crippen LogP contribution < -0.4 is 10.2 Å². The van der Waals surface area contributed by atoms with Crippen LogP contribution >= 0.6 is 39.7 Å². The van der Waals surface area contributed by atoms with E-state index in [1.807, 2.05) is 30.3 Å². The number of nitrogens with one attached hydrogen (secondary N) is 2. The number of pyridine rings is 1. The third kappa shape index (κ3) is 5.12. The van der Waals surface area contributed by atoms with Crippen LogP contribution in [0.2, 0.25) is 5.02 Å². The van der Waals surface area contributed by atoms with Gasteiger partial charge < -0.3 is 10.2 Å². The highest BCUT2D eigenvalue weighted by Gasteiger charge is 2.11. The maximum Gasteiger partial charge on any atom is 0.214 e. The van der Waals surface area contributed by atoms with Gasteiger partial charge in [-0.15, -0.1) is 0 Å². The Balaban J connectivity index is 1.54. The van der Waals surface area contributed by atoms with Crippen LogP contribution in [0.3, 0.4) is 0 Å². The Morgan fingerprint density at radius 1 is 1.13 bits per heavy atom. The summed E-state index contributed by atoms with van der Waals surface area (Å²) in [4.78, 5) is 4.03. The van der Waals surface area contributed by atoms with Crippen molar-refractivity contribution in [2.24, 2.45) is 0 Å². The fourth-order valence-corrected chi connectivity index (χ4v) is 3.75. The maximum atomic E-state index is 13.3. The molecule has 0 aliphatic heterocycles. The fourth-order valence-electron chi connectivity index (χ4n) is 2.92. The Morgan fingerprint density at radius 2 is 1.94 bits per heavy atom. The first-order chi connectivity index (χ1) is 15.0. The van der Waals surface area contributed by atoms with Gasteiger partial charge in [0.2, 0.25) is 4.77 Å². The van der Waals surface area contributed by atoms with E-state index in [0.717, 1.165) is 15.6 Å². The van der Waals surface area contributed by atoms with E-state index in [-0.39, 0.29) is 12.4 Å². The van der Waals surface area contributed by atoms with Crippen LogP contribution in [0.4, 0.5) is 4.39 Å². The summed E-state index contributed by atoms with van der Waals surface area (Å²) < 4.78 is 22.3. The summed E-state index contributed by atoms with van der Waals surface area (Å²) >= 11 is 15.0. The van der Waals surface area contributed by atoms with Gasteiger partial charge in [-0.3, -0.25) is 4.98 Å². The number of benzene rings is 2. The highest BCUT2D eigenvalue weighted by Crippen LogP contribution is 2.26. The lowest BCUT2D eigenvalue weighted by molar-refractivity contribution is 0.303. The molecule has 6 nitrogen and oxygen atoms in total. The molecule has 0 amide bonds. The van der Waals surface area contributed by atoms with Crippen LogP contribution in [0.25, 0.3) is 11.4 Å². The van der Waals surface area contributed by atoms with E-state index in [2.05, 4.69) is 36.5 Å². The predicted molar refractivity (Wildman–Crippen MR) is 124 cm³/mol. The van der Waals surface area contributed by atoms with E-state index in [4.69, 9.17) is 28.6 Å². The summed E-state index contributed by atoms with van der Waals surface area (Å²) in [6, 6.07) is 13.6. The van der Waals surface area contributed by atoms with Crippen LogP contribution in [0.1, 0.15) is 11.1 Å². The molecule has 10 heteroatoms. The van der Waals surface area contributed by atoms with Gasteiger partial charge in [0.25, 0.3) is 0 Å². The zero-order valence-electron chi connectivity index (χ0n) is 16.0. The minimum absolute atomic E-state index is 0.209. The van der Waals surface area contributed by atoms with Crippen molar-refractivity contribution >= 4 is 39.7 Å². The number of rotatable bonds is 7. The minimum Gasteiger partial charge on any atom is -0.488 e. The number of hydrogen-bond acceptors (Lipinski definition) is 5. The summed E-state index contributed by atoms with van der Waals surface area (Å²) in [6.45, 7) is 0.624. The molecule has 0 spiro atoms. The number of ether oxygens (including phenoxy) is 1. The van der Waals surface area contributed by atoms with Gasteiger partial charge in [-0.05, 0) is 54.7 Å². The lowest BCUT2D eigenvalue weighted by Crippen LogP contribution is -2.16. The van der Waals surface area contributed by atoms with Gasteiger partial charge in [0.1, 0.15) is 18.2 Å². The van der Waals surface area contributed by atoms with Gasteiger partial charge in [-0.25, -0.2) is 14.2 Å². The van der Waals surface area contributed by atoms with Crippen molar-refractivity contribution < 1.29 is 9.13 Å². The van der Waals surface area contributed by atoms with Crippen molar-refractivity contribution in [2.45, 2.75) is 13.2 Å². The molecule has 0 fully saturated rings. The van der Waals surface area contributed by atoms with Gasteiger partial charge in [0.05, 0.1) is 11.6 Å².